The number of nitrogens with one attached hydrogen (secondary N) is 1. The highest BCUT2D eigenvalue weighted by Crippen LogP contribution is 2.24. The number of rotatable bonds is 6. The second-order valence-electron chi connectivity index (χ2n) is 5.91. The van der Waals surface area contributed by atoms with Crippen LogP contribution in [0.1, 0.15) is 25.3 Å². The summed E-state index contributed by atoms with van der Waals surface area (Å²) in [5, 5.41) is 15.9. The zero-order valence-electron chi connectivity index (χ0n) is 15.1. The number of benzene rings is 1. The first-order valence-electron chi connectivity index (χ1n) is 8.16. The van der Waals surface area contributed by atoms with Crippen molar-refractivity contribution >= 4 is 28.8 Å². The first kappa shape index (κ1) is 21.2. The van der Waals surface area contributed by atoms with Crippen molar-refractivity contribution in [2.45, 2.75) is 26.2 Å². The van der Waals surface area contributed by atoms with E-state index in [9.17, 15) is 4.79 Å². The number of nitrogens with zero attached hydrogens (tertiary/aromatic N) is 1. The molecule has 0 saturated carbocycles. The van der Waals surface area contributed by atoms with Crippen LogP contribution in [-0.4, -0.2) is 58.6 Å². The van der Waals surface area contributed by atoms with E-state index < -0.39 is 11.9 Å². The molecule has 0 aliphatic carbocycles. The maximum atomic E-state index is 11.6. The molecule has 0 aliphatic rings. The van der Waals surface area contributed by atoms with Gasteiger partial charge in [0.05, 0.1) is 0 Å². The number of carboxylic acid groups (broad SMARTS) is 2. The van der Waals surface area contributed by atoms with Gasteiger partial charge in [-0.1, -0.05) is 6.92 Å². The molecule has 2 rings (SSSR count). The molecule has 8 heteroatoms. The van der Waals surface area contributed by atoms with Gasteiger partial charge in [-0.05, 0) is 50.7 Å². The standard InChI is InChI=1S/C16H22N2O2.C2H2O4/c1-4-5-16(19)20-13-6-7-15-14(10-13)12(11-17-15)8-9-18(2)3;3-1(4)2(5)6/h6-7,10-11,17H,4-5,8-9H2,1-3H3;(H,3,4)(H,5,6). The SMILES string of the molecule is CCCC(=O)Oc1ccc2[nH]cc(CCN(C)C)c2c1.O=C(O)C(=O)O. The molecule has 1 aromatic heterocycles. The van der Waals surface area contributed by atoms with Crippen LogP contribution in [0.25, 0.3) is 10.9 Å². The highest BCUT2D eigenvalue weighted by Gasteiger charge is 2.08. The number of fused-ring (bicyclic) bond motifs is 1. The van der Waals surface area contributed by atoms with Gasteiger partial charge in [-0.3, -0.25) is 4.79 Å². The van der Waals surface area contributed by atoms with E-state index in [2.05, 4.69) is 24.0 Å². The maximum Gasteiger partial charge on any atom is 0.414 e. The molecule has 0 saturated heterocycles. The summed E-state index contributed by atoms with van der Waals surface area (Å²) in [6, 6.07) is 5.75. The zero-order chi connectivity index (χ0) is 19.7. The molecule has 142 valence electrons. The van der Waals surface area contributed by atoms with E-state index in [1.165, 1.54) is 5.56 Å². The first-order valence-corrected chi connectivity index (χ1v) is 8.16. The molecule has 0 atom stereocenters. The number of hydrogen-bond acceptors (Lipinski definition) is 5. The van der Waals surface area contributed by atoms with Crippen LogP contribution in [0.3, 0.4) is 0 Å². The Morgan fingerprint density at radius 1 is 1.15 bits per heavy atom. The number of H-pyrrole nitrogens is 1. The molecule has 0 unspecified atom stereocenters. The van der Waals surface area contributed by atoms with Gasteiger partial charge in [0.2, 0.25) is 0 Å². The summed E-state index contributed by atoms with van der Waals surface area (Å²) < 4.78 is 5.35. The number of carboxylic acids is 2. The lowest BCUT2D eigenvalue weighted by molar-refractivity contribution is -0.159. The molecule has 0 fully saturated rings. The Kier molecular flexibility index (Phi) is 8.30. The minimum Gasteiger partial charge on any atom is -0.473 e. The number of aromatic nitrogens is 1. The van der Waals surface area contributed by atoms with Gasteiger partial charge >= 0.3 is 17.9 Å². The quantitative estimate of drug-likeness (QED) is 0.408. The highest BCUT2D eigenvalue weighted by atomic mass is 16.5. The van der Waals surface area contributed by atoms with Gasteiger partial charge in [0.15, 0.2) is 0 Å². The average molecular weight is 364 g/mol. The van der Waals surface area contributed by atoms with Crippen molar-refractivity contribution in [1.82, 2.24) is 9.88 Å². The van der Waals surface area contributed by atoms with Crippen molar-refractivity contribution in [3.63, 3.8) is 0 Å². The van der Waals surface area contributed by atoms with Crippen LogP contribution in [0.5, 0.6) is 5.75 Å². The lowest BCUT2D eigenvalue weighted by atomic mass is 10.1. The molecule has 0 spiro atoms. The third kappa shape index (κ3) is 6.94. The molecule has 0 amide bonds. The van der Waals surface area contributed by atoms with Gasteiger partial charge in [0, 0.05) is 30.1 Å². The topological polar surface area (TPSA) is 120 Å². The van der Waals surface area contributed by atoms with Gasteiger partial charge in [0.25, 0.3) is 0 Å². The summed E-state index contributed by atoms with van der Waals surface area (Å²) in [4.78, 5) is 35.2. The largest absolute Gasteiger partial charge is 0.473 e. The van der Waals surface area contributed by atoms with Gasteiger partial charge < -0.3 is 24.8 Å². The third-order valence-electron chi connectivity index (χ3n) is 3.44. The molecule has 0 bridgehead atoms. The molecule has 1 heterocycles. The molecule has 8 nitrogen and oxygen atoms in total. The zero-order valence-corrected chi connectivity index (χ0v) is 15.1. The number of carbonyl (C=O) groups excluding carboxylic acids is 1. The number of likely N-dealkylation sites (N-methyl/N-ethyl adjacent to an activating group) is 1. The van der Waals surface area contributed by atoms with E-state index in [-0.39, 0.29) is 5.97 Å². The summed E-state index contributed by atoms with van der Waals surface area (Å²) in [5.41, 5.74) is 2.33. The molecule has 3 N–H and O–H groups in total. The molecule has 26 heavy (non-hydrogen) atoms. The van der Waals surface area contributed by atoms with E-state index in [0.717, 1.165) is 30.3 Å². The van der Waals surface area contributed by atoms with Crippen molar-refractivity contribution in [3.05, 3.63) is 30.0 Å². The van der Waals surface area contributed by atoms with Crippen LogP contribution in [0.4, 0.5) is 0 Å². The molecular weight excluding hydrogens is 340 g/mol. The summed E-state index contributed by atoms with van der Waals surface area (Å²) >= 11 is 0. The van der Waals surface area contributed by atoms with Gasteiger partial charge in [-0.2, -0.15) is 0 Å². The predicted molar refractivity (Wildman–Crippen MR) is 96.4 cm³/mol. The number of hydrogen-bond donors (Lipinski definition) is 3. The van der Waals surface area contributed by atoms with Crippen LogP contribution in [-0.2, 0) is 20.8 Å². The van der Waals surface area contributed by atoms with Crippen LogP contribution in [0.2, 0.25) is 0 Å². The monoisotopic (exact) mass is 364 g/mol. The highest BCUT2D eigenvalue weighted by molar-refractivity contribution is 6.27. The number of esters is 1. The number of aliphatic carboxylic acids is 2. The smallest absolute Gasteiger partial charge is 0.414 e. The minimum absolute atomic E-state index is 0.169. The van der Waals surface area contributed by atoms with E-state index in [0.29, 0.717) is 12.2 Å². The summed E-state index contributed by atoms with van der Waals surface area (Å²) in [6.07, 6.45) is 4.27. The second kappa shape index (κ2) is 10.2. The number of carbonyl (C=O) groups is 3. The van der Waals surface area contributed by atoms with Gasteiger partial charge in [0.1, 0.15) is 5.75 Å². The molecule has 2 aromatic rings. The molecule has 0 aliphatic heterocycles. The Balaban J connectivity index is 0.000000487. The molecular formula is C18H24N2O6. The van der Waals surface area contributed by atoms with Crippen molar-refractivity contribution in [2.75, 3.05) is 20.6 Å². The minimum atomic E-state index is -1.82. The maximum absolute atomic E-state index is 11.6. The Morgan fingerprint density at radius 2 is 1.81 bits per heavy atom. The predicted octanol–water partition coefficient (Wildman–Crippen LogP) is 2.13. The Bertz CT molecular complexity index is 754. The summed E-state index contributed by atoms with van der Waals surface area (Å²) in [5.74, 6) is -3.19. The second-order valence-corrected chi connectivity index (χ2v) is 5.91. The Morgan fingerprint density at radius 3 is 2.35 bits per heavy atom. The van der Waals surface area contributed by atoms with E-state index in [4.69, 9.17) is 24.5 Å². The molecule has 1 aromatic carbocycles. The van der Waals surface area contributed by atoms with Crippen molar-refractivity contribution < 1.29 is 29.3 Å². The van der Waals surface area contributed by atoms with Gasteiger partial charge in [-0.25, -0.2) is 9.59 Å². The van der Waals surface area contributed by atoms with E-state index in [1.54, 1.807) is 0 Å². The normalized spacial score (nSPS) is 10.3. The fraction of sp³-hybridized carbons (Fsp3) is 0.389. The summed E-state index contributed by atoms with van der Waals surface area (Å²) in [7, 11) is 4.12. The van der Waals surface area contributed by atoms with Crippen LogP contribution in [0, 0.1) is 0 Å². The fourth-order valence-corrected chi connectivity index (χ4v) is 2.16. The fourth-order valence-electron chi connectivity index (χ4n) is 2.16. The molecule has 0 radical (unpaired) electrons. The lowest BCUT2D eigenvalue weighted by Crippen LogP contribution is -2.14. The van der Waals surface area contributed by atoms with E-state index >= 15 is 0 Å². The van der Waals surface area contributed by atoms with Crippen molar-refractivity contribution in [1.29, 1.82) is 0 Å². The Hall–Kier alpha value is -2.87. The van der Waals surface area contributed by atoms with Gasteiger partial charge in [-0.15, -0.1) is 0 Å². The van der Waals surface area contributed by atoms with E-state index in [1.807, 2.05) is 31.3 Å². The van der Waals surface area contributed by atoms with Crippen LogP contribution >= 0.6 is 0 Å². The Labute approximate surface area is 151 Å². The third-order valence-corrected chi connectivity index (χ3v) is 3.44. The average Bonchev–Trinajstić information content (AvgIpc) is 2.96. The van der Waals surface area contributed by atoms with Crippen LogP contribution in [0.15, 0.2) is 24.4 Å². The first-order chi connectivity index (χ1) is 12.2. The lowest BCUT2D eigenvalue weighted by Gasteiger charge is -2.08. The number of ether oxygens (including phenoxy) is 1. The van der Waals surface area contributed by atoms with Crippen molar-refractivity contribution in [3.8, 4) is 5.75 Å². The van der Waals surface area contributed by atoms with Crippen LogP contribution < -0.4 is 4.74 Å². The summed E-state index contributed by atoms with van der Waals surface area (Å²) in [6.45, 7) is 2.96. The van der Waals surface area contributed by atoms with Crippen molar-refractivity contribution in [2.24, 2.45) is 0 Å². The number of aromatic amines is 1.